The lowest BCUT2D eigenvalue weighted by atomic mass is 9.91. The summed E-state index contributed by atoms with van der Waals surface area (Å²) in [7, 11) is 0. The Hall–Kier alpha value is -0.350. The summed E-state index contributed by atoms with van der Waals surface area (Å²) in [6.45, 7) is 6.43. The SMILES string of the molecule is CC(C)(C)CCC=COS(=O)O. The molecule has 1 N–H and O–H groups in total. The van der Waals surface area contributed by atoms with Gasteiger partial charge in [-0.05, 0) is 24.3 Å². The molecule has 1 unspecified atom stereocenters. The highest BCUT2D eigenvalue weighted by molar-refractivity contribution is 7.74. The van der Waals surface area contributed by atoms with Crippen LogP contribution in [0.2, 0.25) is 0 Å². The Morgan fingerprint density at radius 2 is 2.08 bits per heavy atom. The molecule has 0 saturated carbocycles. The summed E-state index contributed by atoms with van der Waals surface area (Å²) in [4.78, 5) is 0. The van der Waals surface area contributed by atoms with Gasteiger partial charge in [-0.3, -0.25) is 4.55 Å². The third-order valence-corrected chi connectivity index (χ3v) is 1.57. The van der Waals surface area contributed by atoms with Gasteiger partial charge in [-0.15, -0.1) is 0 Å². The molecule has 0 saturated heterocycles. The highest BCUT2D eigenvalue weighted by Crippen LogP contribution is 2.20. The first kappa shape index (κ1) is 11.6. The van der Waals surface area contributed by atoms with Crippen LogP contribution in [0, 0.1) is 5.41 Å². The van der Waals surface area contributed by atoms with Gasteiger partial charge in [-0.25, -0.2) is 0 Å². The van der Waals surface area contributed by atoms with E-state index in [2.05, 4.69) is 25.0 Å². The highest BCUT2D eigenvalue weighted by Gasteiger charge is 2.07. The zero-order valence-corrected chi connectivity index (χ0v) is 8.56. The average molecular weight is 192 g/mol. The van der Waals surface area contributed by atoms with E-state index in [-0.39, 0.29) is 0 Å². The number of hydrogen-bond acceptors (Lipinski definition) is 2. The van der Waals surface area contributed by atoms with Crippen molar-refractivity contribution in [2.75, 3.05) is 0 Å². The summed E-state index contributed by atoms with van der Waals surface area (Å²) in [5.74, 6) is 0. The lowest BCUT2D eigenvalue weighted by molar-refractivity contribution is 0.378. The van der Waals surface area contributed by atoms with E-state index in [9.17, 15) is 4.21 Å². The maximum Gasteiger partial charge on any atom is 0.356 e. The van der Waals surface area contributed by atoms with E-state index >= 15 is 0 Å². The van der Waals surface area contributed by atoms with Gasteiger partial charge >= 0.3 is 11.4 Å². The van der Waals surface area contributed by atoms with Crippen molar-refractivity contribution in [3.05, 3.63) is 12.3 Å². The molecule has 0 bridgehead atoms. The fraction of sp³-hybridized carbons (Fsp3) is 0.750. The van der Waals surface area contributed by atoms with Crippen LogP contribution < -0.4 is 0 Å². The zero-order chi connectivity index (χ0) is 9.61. The second-order valence-electron chi connectivity index (χ2n) is 3.78. The van der Waals surface area contributed by atoms with Gasteiger partial charge in [0.15, 0.2) is 0 Å². The van der Waals surface area contributed by atoms with Crippen LogP contribution >= 0.6 is 0 Å². The van der Waals surface area contributed by atoms with Crippen molar-refractivity contribution in [2.45, 2.75) is 33.6 Å². The van der Waals surface area contributed by atoms with Gasteiger partial charge in [0.25, 0.3) is 0 Å². The molecule has 0 rings (SSSR count). The molecule has 0 aromatic rings. The monoisotopic (exact) mass is 192 g/mol. The summed E-state index contributed by atoms with van der Waals surface area (Å²) in [6.07, 6.45) is 4.91. The van der Waals surface area contributed by atoms with Crippen molar-refractivity contribution < 1.29 is 12.9 Å². The van der Waals surface area contributed by atoms with Crippen LogP contribution in [0.3, 0.4) is 0 Å². The Morgan fingerprint density at radius 3 is 2.50 bits per heavy atom. The third-order valence-electron chi connectivity index (χ3n) is 1.30. The first-order chi connectivity index (χ1) is 5.42. The molecule has 0 aromatic heterocycles. The van der Waals surface area contributed by atoms with Gasteiger partial charge < -0.3 is 4.18 Å². The highest BCUT2D eigenvalue weighted by atomic mass is 32.2. The molecule has 1 atom stereocenters. The van der Waals surface area contributed by atoms with Gasteiger partial charge in [0, 0.05) is 0 Å². The standard InChI is InChI=1S/C8H16O3S/c1-8(2,3)6-4-5-7-11-12(9)10/h5,7H,4,6H2,1-3H3,(H,9,10). The van der Waals surface area contributed by atoms with Crippen LogP contribution in [0.4, 0.5) is 0 Å². The van der Waals surface area contributed by atoms with E-state index in [0.717, 1.165) is 12.8 Å². The normalized spacial score (nSPS) is 15.0. The third kappa shape index (κ3) is 9.65. The topological polar surface area (TPSA) is 46.5 Å². The summed E-state index contributed by atoms with van der Waals surface area (Å²) >= 11 is -2.18. The second-order valence-corrected chi connectivity index (χ2v) is 4.41. The van der Waals surface area contributed by atoms with E-state index in [1.54, 1.807) is 6.08 Å². The second kappa shape index (κ2) is 5.32. The van der Waals surface area contributed by atoms with Crippen molar-refractivity contribution >= 4 is 11.4 Å². The lowest BCUT2D eigenvalue weighted by Crippen LogP contribution is -2.03. The van der Waals surface area contributed by atoms with Crippen LogP contribution in [0.1, 0.15) is 33.6 Å². The van der Waals surface area contributed by atoms with Crippen molar-refractivity contribution in [1.29, 1.82) is 0 Å². The molecule has 0 amide bonds. The molecular formula is C8H16O3S. The van der Waals surface area contributed by atoms with Crippen LogP contribution in [0.25, 0.3) is 0 Å². The van der Waals surface area contributed by atoms with E-state index < -0.39 is 11.4 Å². The van der Waals surface area contributed by atoms with Crippen LogP contribution in [-0.2, 0) is 15.5 Å². The van der Waals surface area contributed by atoms with Gasteiger partial charge in [0.05, 0.1) is 0 Å². The lowest BCUT2D eigenvalue weighted by Gasteiger charge is -2.15. The maximum absolute atomic E-state index is 10.00. The van der Waals surface area contributed by atoms with Gasteiger partial charge in [-0.1, -0.05) is 20.8 Å². The molecular weight excluding hydrogens is 176 g/mol. The molecule has 0 aromatic carbocycles. The molecule has 0 fully saturated rings. The Balaban J connectivity index is 3.43. The molecule has 0 aliphatic heterocycles. The summed E-state index contributed by atoms with van der Waals surface area (Å²) in [6, 6.07) is 0. The van der Waals surface area contributed by atoms with E-state index in [4.69, 9.17) is 4.55 Å². The Bertz CT molecular complexity index is 170. The number of hydrogen-bond donors (Lipinski definition) is 1. The first-order valence-electron chi connectivity index (χ1n) is 3.85. The van der Waals surface area contributed by atoms with E-state index in [1.165, 1.54) is 6.26 Å². The Morgan fingerprint density at radius 1 is 1.50 bits per heavy atom. The fourth-order valence-corrected chi connectivity index (χ4v) is 0.845. The van der Waals surface area contributed by atoms with Crippen molar-refractivity contribution in [1.82, 2.24) is 0 Å². The minimum Gasteiger partial charge on any atom is -0.388 e. The van der Waals surface area contributed by atoms with Crippen LogP contribution in [-0.4, -0.2) is 8.76 Å². The molecule has 0 radical (unpaired) electrons. The quantitative estimate of drug-likeness (QED) is 0.550. The number of rotatable bonds is 4. The molecule has 0 aliphatic carbocycles. The maximum atomic E-state index is 10.00. The molecule has 4 heteroatoms. The minimum absolute atomic E-state index is 0.294. The average Bonchev–Trinajstić information content (AvgIpc) is 1.83. The minimum atomic E-state index is -2.18. The van der Waals surface area contributed by atoms with Gasteiger partial charge in [0.2, 0.25) is 0 Å². The first-order valence-corrected chi connectivity index (χ1v) is 4.88. The van der Waals surface area contributed by atoms with Crippen molar-refractivity contribution in [2.24, 2.45) is 5.41 Å². The van der Waals surface area contributed by atoms with E-state index in [0.29, 0.717) is 5.41 Å². The van der Waals surface area contributed by atoms with Crippen molar-refractivity contribution in [3.8, 4) is 0 Å². The molecule has 0 aliphatic rings. The zero-order valence-electron chi connectivity index (χ0n) is 7.74. The predicted molar refractivity (Wildman–Crippen MR) is 49.7 cm³/mol. The summed E-state index contributed by atoms with van der Waals surface area (Å²) in [5, 5.41) is 0. The van der Waals surface area contributed by atoms with Crippen LogP contribution in [0.15, 0.2) is 12.3 Å². The molecule has 12 heavy (non-hydrogen) atoms. The molecule has 0 heterocycles. The van der Waals surface area contributed by atoms with Gasteiger partial charge in [0.1, 0.15) is 6.26 Å². The molecule has 3 nitrogen and oxygen atoms in total. The summed E-state index contributed by atoms with van der Waals surface area (Å²) < 4.78 is 22.5. The van der Waals surface area contributed by atoms with Gasteiger partial charge in [-0.2, -0.15) is 4.21 Å². The Kier molecular flexibility index (Phi) is 5.17. The van der Waals surface area contributed by atoms with Crippen LogP contribution in [0.5, 0.6) is 0 Å². The largest absolute Gasteiger partial charge is 0.388 e. The fourth-order valence-electron chi connectivity index (χ4n) is 0.671. The van der Waals surface area contributed by atoms with Crippen molar-refractivity contribution in [3.63, 3.8) is 0 Å². The molecule has 0 spiro atoms. The molecule has 72 valence electrons. The smallest absolute Gasteiger partial charge is 0.356 e. The predicted octanol–water partition coefficient (Wildman–Crippen LogP) is 2.48. The number of allylic oxidation sites excluding steroid dienone is 1. The Labute approximate surface area is 76.3 Å². The van der Waals surface area contributed by atoms with E-state index in [1.807, 2.05) is 0 Å². The summed E-state index contributed by atoms with van der Waals surface area (Å²) in [5.41, 5.74) is 0.294.